The molecule has 0 radical (unpaired) electrons. The van der Waals surface area contributed by atoms with E-state index in [0.717, 1.165) is 21.5 Å². The minimum atomic E-state index is 0.906. The summed E-state index contributed by atoms with van der Waals surface area (Å²) in [6, 6.07) is 10.1. The Labute approximate surface area is 104 Å². The maximum absolute atomic E-state index is 4.32. The second-order valence-corrected chi connectivity index (χ2v) is 4.56. The lowest BCUT2D eigenvalue weighted by molar-refractivity contribution is 1.25. The van der Waals surface area contributed by atoms with E-state index in [1.54, 1.807) is 6.20 Å². The van der Waals surface area contributed by atoms with Crippen LogP contribution in [0.2, 0.25) is 0 Å². The van der Waals surface area contributed by atoms with Crippen LogP contribution in [-0.2, 0) is 0 Å². The fourth-order valence-electron chi connectivity index (χ4n) is 1.49. The molecular weight excluding hydrogens is 264 g/mol. The number of hydrogen-bond donors (Lipinski definition) is 1. The Morgan fingerprint density at radius 3 is 2.69 bits per heavy atom. The van der Waals surface area contributed by atoms with Crippen molar-refractivity contribution < 1.29 is 0 Å². The van der Waals surface area contributed by atoms with Crippen LogP contribution in [0.25, 0.3) is 0 Å². The van der Waals surface area contributed by atoms with Gasteiger partial charge in [-0.15, -0.1) is 0 Å². The maximum Gasteiger partial charge on any atom is 0.133 e. The highest BCUT2D eigenvalue weighted by atomic mass is 79.9. The number of nitrogens with zero attached hydrogens (tertiary/aromatic N) is 1. The van der Waals surface area contributed by atoms with E-state index in [-0.39, 0.29) is 0 Å². The molecule has 0 saturated carbocycles. The molecule has 0 amide bonds. The molecular formula is C13H13BrN2. The van der Waals surface area contributed by atoms with Crippen molar-refractivity contribution in [2.75, 3.05) is 5.32 Å². The van der Waals surface area contributed by atoms with Crippen LogP contribution in [0.1, 0.15) is 11.1 Å². The fourth-order valence-corrected chi connectivity index (χ4v) is 1.85. The number of halogens is 1. The van der Waals surface area contributed by atoms with Gasteiger partial charge in [-0.25, -0.2) is 4.98 Å². The van der Waals surface area contributed by atoms with Crippen LogP contribution in [0.15, 0.2) is 41.0 Å². The fraction of sp³-hybridized carbons (Fsp3) is 0.154. The highest BCUT2D eigenvalue weighted by Crippen LogP contribution is 2.26. The van der Waals surface area contributed by atoms with Gasteiger partial charge in [-0.2, -0.15) is 0 Å². The Morgan fingerprint density at radius 1 is 1.12 bits per heavy atom. The van der Waals surface area contributed by atoms with Crippen molar-refractivity contribution in [3.05, 3.63) is 52.1 Å². The van der Waals surface area contributed by atoms with Crippen LogP contribution < -0.4 is 5.32 Å². The quantitative estimate of drug-likeness (QED) is 0.889. The molecule has 0 fully saturated rings. The standard InChI is InChI=1S/C13H13BrN2/c1-9-5-4-8-15-13(9)16-12-7-3-6-11(14)10(12)2/h3-8H,1-2H3,(H,15,16). The first kappa shape index (κ1) is 11.1. The molecule has 2 rings (SSSR count). The van der Waals surface area contributed by atoms with Gasteiger partial charge in [0.05, 0.1) is 0 Å². The third-order valence-corrected chi connectivity index (χ3v) is 3.39. The Bertz CT molecular complexity index is 509. The van der Waals surface area contributed by atoms with E-state index in [1.165, 1.54) is 5.56 Å². The van der Waals surface area contributed by atoms with E-state index in [2.05, 4.69) is 33.2 Å². The smallest absolute Gasteiger partial charge is 0.133 e. The van der Waals surface area contributed by atoms with Crippen molar-refractivity contribution in [2.45, 2.75) is 13.8 Å². The molecule has 3 heteroatoms. The van der Waals surface area contributed by atoms with Crippen LogP contribution in [-0.4, -0.2) is 4.98 Å². The minimum absolute atomic E-state index is 0.906. The predicted octanol–water partition coefficient (Wildman–Crippen LogP) is 4.20. The number of nitrogens with one attached hydrogen (secondary N) is 1. The van der Waals surface area contributed by atoms with Gasteiger partial charge in [0.15, 0.2) is 0 Å². The van der Waals surface area contributed by atoms with Crippen LogP contribution in [0, 0.1) is 13.8 Å². The van der Waals surface area contributed by atoms with Crippen LogP contribution in [0.3, 0.4) is 0 Å². The predicted molar refractivity (Wildman–Crippen MR) is 71.1 cm³/mol. The molecule has 0 aliphatic heterocycles. The molecule has 1 aromatic carbocycles. The maximum atomic E-state index is 4.32. The molecule has 16 heavy (non-hydrogen) atoms. The number of aryl methyl sites for hydroxylation is 1. The zero-order valence-electron chi connectivity index (χ0n) is 9.29. The molecule has 1 aromatic heterocycles. The Balaban J connectivity index is 2.35. The second kappa shape index (κ2) is 4.66. The van der Waals surface area contributed by atoms with Crippen molar-refractivity contribution in [3.8, 4) is 0 Å². The molecule has 1 N–H and O–H groups in total. The van der Waals surface area contributed by atoms with Crippen molar-refractivity contribution in [2.24, 2.45) is 0 Å². The highest BCUT2D eigenvalue weighted by Gasteiger charge is 2.03. The second-order valence-electron chi connectivity index (χ2n) is 3.71. The van der Waals surface area contributed by atoms with Crippen LogP contribution in [0.5, 0.6) is 0 Å². The van der Waals surface area contributed by atoms with E-state index >= 15 is 0 Å². The Kier molecular flexibility index (Phi) is 3.25. The molecule has 0 saturated heterocycles. The summed E-state index contributed by atoms with van der Waals surface area (Å²) < 4.78 is 1.10. The number of aromatic nitrogens is 1. The van der Waals surface area contributed by atoms with Gasteiger partial charge in [0.2, 0.25) is 0 Å². The van der Waals surface area contributed by atoms with E-state index in [1.807, 2.05) is 37.3 Å². The van der Waals surface area contributed by atoms with Gasteiger partial charge in [0.25, 0.3) is 0 Å². The first-order chi connectivity index (χ1) is 7.68. The molecule has 0 aliphatic rings. The van der Waals surface area contributed by atoms with Crippen LogP contribution >= 0.6 is 15.9 Å². The van der Waals surface area contributed by atoms with Gasteiger partial charge >= 0.3 is 0 Å². The van der Waals surface area contributed by atoms with Gasteiger partial charge in [-0.3, -0.25) is 0 Å². The van der Waals surface area contributed by atoms with E-state index in [9.17, 15) is 0 Å². The molecule has 0 unspecified atom stereocenters. The Hall–Kier alpha value is -1.35. The van der Waals surface area contributed by atoms with Crippen molar-refractivity contribution in [3.63, 3.8) is 0 Å². The van der Waals surface area contributed by atoms with Crippen molar-refractivity contribution in [1.82, 2.24) is 4.98 Å². The summed E-state index contributed by atoms with van der Waals surface area (Å²) in [6.07, 6.45) is 1.79. The lowest BCUT2D eigenvalue weighted by atomic mass is 10.2. The number of benzene rings is 1. The Morgan fingerprint density at radius 2 is 1.94 bits per heavy atom. The third kappa shape index (κ3) is 2.25. The van der Waals surface area contributed by atoms with Gasteiger partial charge < -0.3 is 5.32 Å². The molecule has 2 aromatic rings. The molecule has 1 heterocycles. The van der Waals surface area contributed by atoms with Gasteiger partial charge in [-0.1, -0.05) is 28.1 Å². The number of hydrogen-bond acceptors (Lipinski definition) is 2. The van der Waals surface area contributed by atoms with E-state index in [4.69, 9.17) is 0 Å². The van der Waals surface area contributed by atoms with E-state index < -0.39 is 0 Å². The molecule has 0 aliphatic carbocycles. The summed E-state index contributed by atoms with van der Waals surface area (Å²) in [6.45, 7) is 4.12. The zero-order valence-corrected chi connectivity index (χ0v) is 10.9. The highest BCUT2D eigenvalue weighted by molar-refractivity contribution is 9.10. The van der Waals surface area contributed by atoms with Gasteiger partial charge in [0.1, 0.15) is 5.82 Å². The summed E-state index contributed by atoms with van der Waals surface area (Å²) in [4.78, 5) is 4.32. The van der Waals surface area contributed by atoms with Crippen LogP contribution in [0.4, 0.5) is 11.5 Å². The largest absolute Gasteiger partial charge is 0.340 e. The first-order valence-corrected chi connectivity index (χ1v) is 5.91. The van der Waals surface area contributed by atoms with Gasteiger partial charge in [0, 0.05) is 16.4 Å². The monoisotopic (exact) mass is 276 g/mol. The lowest BCUT2D eigenvalue weighted by Gasteiger charge is -2.11. The third-order valence-electron chi connectivity index (χ3n) is 2.53. The minimum Gasteiger partial charge on any atom is -0.340 e. The molecule has 0 spiro atoms. The molecule has 0 atom stereocenters. The molecule has 2 nitrogen and oxygen atoms in total. The van der Waals surface area contributed by atoms with E-state index in [0.29, 0.717) is 0 Å². The zero-order chi connectivity index (χ0) is 11.5. The summed E-state index contributed by atoms with van der Waals surface area (Å²) in [5, 5.41) is 3.34. The summed E-state index contributed by atoms with van der Waals surface area (Å²) >= 11 is 3.52. The average molecular weight is 277 g/mol. The molecule has 82 valence electrons. The normalized spacial score (nSPS) is 10.2. The number of anilines is 2. The SMILES string of the molecule is Cc1cccnc1Nc1cccc(Br)c1C. The number of pyridine rings is 1. The van der Waals surface area contributed by atoms with Crippen molar-refractivity contribution >= 4 is 27.4 Å². The number of rotatable bonds is 2. The summed E-state index contributed by atoms with van der Waals surface area (Å²) in [5.41, 5.74) is 3.41. The summed E-state index contributed by atoms with van der Waals surface area (Å²) in [5.74, 6) is 0.906. The lowest BCUT2D eigenvalue weighted by Crippen LogP contribution is -1.97. The summed E-state index contributed by atoms with van der Waals surface area (Å²) in [7, 11) is 0. The van der Waals surface area contributed by atoms with Gasteiger partial charge in [-0.05, 0) is 43.2 Å². The van der Waals surface area contributed by atoms with Crippen molar-refractivity contribution in [1.29, 1.82) is 0 Å². The average Bonchev–Trinajstić information content (AvgIpc) is 2.28. The first-order valence-electron chi connectivity index (χ1n) is 5.12. The molecule has 0 bridgehead atoms. The topological polar surface area (TPSA) is 24.9 Å².